The molecule has 0 saturated carbocycles. The minimum Gasteiger partial charge on any atom is -0.394 e. The number of hydrogen-bond donors (Lipinski definition) is 4. The van der Waals surface area contributed by atoms with Crippen LogP contribution in [0, 0.1) is 5.92 Å². The maximum Gasteiger partial charge on any atom is 0.237 e. The fourth-order valence-corrected chi connectivity index (χ4v) is 4.39. The van der Waals surface area contributed by atoms with Crippen molar-refractivity contribution >= 4 is 5.91 Å². The number of aliphatic hydroxyl groups excluding tert-OH is 2. The second-order valence-electron chi connectivity index (χ2n) is 10.0. The van der Waals surface area contributed by atoms with E-state index in [1.807, 2.05) is 18.2 Å². The van der Waals surface area contributed by atoms with Gasteiger partial charge in [0, 0.05) is 0 Å². The summed E-state index contributed by atoms with van der Waals surface area (Å²) in [4.78, 5) is 12.9. The molecule has 1 heterocycles. The third kappa shape index (κ3) is 6.64. The van der Waals surface area contributed by atoms with Gasteiger partial charge in [-0.05, 0) is 60.3 Å². The van der Waals surface area contributed by atoms with Gasteiger partial charge in [-0.15, -0.1) is 0 Å². The van der Waals surface area contributed by atoms with Gasteiger partial charge >= 0.3 is 0 Å². The first-order chi connectivity index (χ1) is 15.3. The summed E-state index contributed by atoms with van der Waals surface area (Å²) in [5, 5.41) is 26.5. The summed E-state index contributed by atoms with van der Waals surface area (Å²) in [5.74, 6) is 0.319. The van der Waals surface area contributed by atoms with Crippen LogP contribution < -0.4 is 10.6 Å². The van der Waals surface area contributed by atoms with Crippen LogP contribution in [0.1, 0.15) is 62.8 Å². The van der Waals surface area contributed by atoms with E-state index in [4.69, 9.17) is 0 Å². The lowest BCUT2D eigenvalue weighted by atomic mass is 9.85. The fraction of sp³-hybridized carbons (Fsp3) is 0.519. The van der Waals surface area contributed by atoms with Crippen LogP contribution in [0.5, 0.6) is 0 Å². The third-order valence-corrected chi connectivity index (χ3v) is 6.54. The molecule has 32 heavy (non-hydrogen) atoms. The number of carbonyl (C=O) groups is 1. The largest absolute Gasteiger partial charge is 0.394 e. The maximum atomic E-state index is 12.9. The predicted molar refractivity (Wildman–Crippen MR) is 128 cm³/mol. The summed E-state index contributed by atoms with van der Waals surface area (Å²) in [5.41, 5.74) is 3.52. The highest BCUT2D eigenvalue weighted by Gasteiger charge is 2.30. The van der Waals surface area contributed by atoms with Crippen molar-refractivity contribution in [2.24, 2.45) is 5.92 Å². The zero-order valence-electron chi connectivity index (χ0n) is 19.6. The molecule has 0 radical (unpaired) electrons. The lowest BCUT2D eigenvalue weighted by molar-refractivity contribution is -0.126. The van der Waals surface area contributed by atoms with Crippen LogP contribution >= 0.6 is 0 Å². The van der Waals surface area contributed by atoms with Gasteiger partial charge < -0.3 is 20.8 Å². The third-order valence-electron chi connectivity index (χ3n) is 6.54. The number of piperidine rings is 1. The van der Waals surface area contributed by atoms with E-state index < -0.39 is 12.1 Å². The second kappa shape index (κ2) is 11.1. The molecule has 2 aromatic carbocycles. The summed E-state index contributed by atoms with van der Waals surface area (Å²) in [6.07, 6.45) is 2.94. The minimum atomic E-state index is -0.944. The van der Waals surface area contributed by atoms with E-state index in [2.05, 4.69) is 55.7 Å². The number of aliphatic hydroxyl groups is 2. The lowest BCUT2D eigenvalue weighted by Crippen LogP contribution is -2.53. The van der Waals surface area contributed by atoms with E-state index in [0.717, 1.165) is 32.2 Å². The van der Waals surface area contributed by atoms with Crippen molar-refractivity contribution < 1.29 is 15.0 Å². The number of amides is 1. The first-order valence-electron chi connectivity index (χ1n) is 11.7. The molecule has 0 unspecified atom stereocenters. The zero-order chi connectivity index (χ0) is 23.1. The topological polar surface area (TPSA) is 81.6 Å². The monoisotopic (exact) mass is 438 g/mol. The average molecular weight is 439 g/mol. The van der Waals surface area contributed by atoms with E-state index in [1.165, 1.54) is 11.1 Å². The Labute approximate surface area is 192 Å². The smallest absolute Gasteiger partial charge is 0.237 e. The molecule has 0 aliphatic carbocycles. The van der Waals surface area contributed by atoms with Gasteiger partial charge in [-0.25, -0.2) is 0 Å². The fourth-order valence-electron chi connectivity index (χ4n) is 4.39. The summed E-state index contributed by atoms with van der Waals surface area (Å²) in [6, 6.07) is 17.0. The Morgan fingerprint density at radius 2 is 1.81 bits per heavy atom. The number of aryl methyl sites for hydroxylation is 1. The van der Waals surface area contributed by atoms with Crippen LogP contribution in [0.2, 0.25) is 0 Å². The maximum absolute atomic E-state index is 12.9. The molecule has 5 heteroatoms. The Hall–Kier alpha value is -2.21. The highest BCUT2D eigenvalue weighted by molar-refractivity contribution is 5.82. The molecule has 4 atom stereocenters. The van der Waals surface area contributed by atoms with Crippen molar-refractivity contribution in [1.82, 2.24) is 10.6 Å². The Kier molecular flexibility index (Phi) is 8.46. The van der Waals surface area contributed by atoms with E-state index in [-0.39, 0.29) is 24.0 Å². The number of rotatable bonds is 8. The van der Waals surface area contributed by atoms with Crippen LogP contribution in [0.25, 0.3) is 0 Å². The molecule has 0 spiro atoms. The Balaban J connectivity index is 1.51. The number of carbonyl (C=O) groups excluding carboxylic acids is 1. The molecular formula is C27H38N2O3. The van der Waals surface area contributed by atoms with Gasteiger partial charge in [0.05, 0.1) is 18.7 Å². The predicted octanol–water partition coefficient (Wildman–Crippen LogP) is 3.50. The summed E-state index contributed by atoms with van der Waals surface area (Å²) >= 11 is 0. The van der Waals surface area contributed by atoms with E-state index in [1.54, 1.807) is 12.1 Å². The molecule has 1 amide bonds. The van der Waals surface area contributed by atoms with E-state index in [9.17, 15) is 15.0 Å². The second-order valence-corrected chi connectivity index (χ2v) is 10.0. The molecule has 4 N–H and O–H groups in total. The van der Waals surface area contributed by atoms with Crippen LogP contribution in [0.3, 0.4) is 0 Å². The van der Waals surface area contributed by atoms with E-state index >= 15 is 0 Å². The van der Waals surface area contributed by atoms with Gasteiger partial charge in [-0.3, -0.25) is 4.79 Å². The molecule has 2 aromatic rings. The molecule has 1 saturated heterocycles. The first-order valence-corrected chi connectivity index (χ1v) is 11.7. The Bertz CT molecular complexity index is 845. The molecule has 0 aromatic heterocycles. The van der Waals surface area contributed by atoms with Gasteiger partial charge in [-0.1, -0.05) is 75.4 Å². The van der Waals surface area contributed by atoms with E-state index in [0.29, 0.717) is 11.5 Å². The summed E-state index contributed by atoms with van der Waals surface area (Å²) in [6.45, 7) is 7.16. The van der Waals surface area contributed by atoms with Crippen molar-refractivity contribution in [3.8, 4) is 0 Å². The van der Waals surface area contributed by atoms with Crippen molar-refractivity contribution in [1.29, 1.82) is 0 Å². The van der Waals surface area contributed by atoms with Gasteiger partial charge in [0.2, 0.25) is 5.91 Å². The minimum absolute atomic E-state index is 0.154. The molecule has 174 valence electrons. The quantitative estimate of drug-likeness (QED) is 0.509. The van der Waals surface area contributed by atoms with Crippen LogP contribution in [-0.4, -0.2) is 41.4 Å². The van der Waals surface area contributed by atoms with Crippen LogP contribution in [0.4, 0.5) is 0 Å². The normalized spacial score (nSPS) is 21.0. The molecule has 0 bridgehead atoms. The van der Waals surface area contributed by atoms with Crippen LogP contribution in [0.15, 0.2) is 54.6 Å². The van der Waals surface area contributed by atoms with Gasteiger partial charge in [0.1, 0.15) is 6.10 Å². The Morgan fingerprint density at radius 1 is 1.12 bits per heavy atom. The highest BCUT2D eigenvalue weighted by atomic mass is 16.3. The highest BCUT2D eigenvalue weighted by Crippen LogP contribution is 2.25. The average Bonchev–Trinajstić information content (AvgIpc) is 2.81. The standard InChI is InChI=1S/C27H38N2O3/c1-27(2,3)22-13-11-19(12-14-22)9-10-20-15-16-28-23(17-20)26(32)29-24(18-30)25(31)21-7-5-4-6-8-21/h4-8,11-14,20,23-25,28,30-31H,9-10,15-18H2,1-3H3,(H,29,32)/t20-,23+,24+,25-/m0/s1. The molecule has 5 nitrogen and oxygen atoms in total. The molecule has 1 aliphatic rings. The molecule has 1 aliphatic heterocycles. The number of benzene rings is 2. The molecular weight excluding hydrogens is 400 g/mol. The SMILES string of the molecule is CC(C)(C)c1ccc(CC[C@H]2CCN[C@@H](C(=O)N[C@H](CO)[C@@H](O)c3ccccc3)C2)cc1. The van der Waals surface area contributed by atoms with Crippen molar-refractivity contribution in [3.63, 3.8) is 0 Å². The molecule has 3 rings (SSSR count). The number of nitrogens with one attached hydrogen (secondary N) is 2. The summed E-state index contributed by atoms with van der Waals surface area (Å²) in [7, 11) is 0. The van der Waals surface area contributed by atoms with Crippen molar-refractivity contribution in [2.45, 2.75) is 70.1 Å². The van der Waals surface area contributed by atoms with Gasteiger partial charge in [0.15, 0.2) is 0 Å². The van der Waals surface area contributed by atoms with Crippen molar-refractivity contribution in [3.05, 3.63) is 71.3 Å². The Morgan fingerprint density at radius 3 is 2.44 bits per heavy atom. The summed E-state index contributed by atoms with van der Waals surface area (Å²) < 4.78 is 0. The zero-order valence-corrected chi connectivity index (χ0v) is 19.6. The van der Waals surface area contributed by atoms with Gasteiger partial charge in [-0.2, -0.15) is 0 Å². The number of hydrogen-bond acceptors (Lipinski definition) is 4. The first kappa shape index (κ1) is 24.4. The van der Waals surface area contributed by atoms with Crippen LogP contribution in [-0.2, 0) is 16.6 Å². The molecule has 1 fully saturated rings. The lowest BCUT2D eigenvalue weighted by Gasteiger charge is -2.31. The van der Waals surface area contributed by atoms with Gasteiger partial charge in [0.25, 0.3) is 0 Å². The van der Waals surface area contributed by atoms with Crippen molar-refractivity contribution in [2.75, 3.05) is 13.2 Å².